The minimum Gasteiger partial charge on any atom is -0.130 e. The highest BCUT2D eigenvalue weighted by atomic mass is 13.8. The van der Waals surface area contributed by atoms with Gasteiger partial charge >= 0.3 is 0 Å². The highest BCUT2D eigenvalue weighted by Gasteiger charge is 1.76. The van der Waals surface area contributed by atoms with Crippen LogP contribution >= 0.6 is 0 Å². The summed E-state index contributed by atoms with van der Waals surface area (Å²) in [6.45, 7) is 8.93. The molecule has 0 heterocycles. The van der Waals surface area contributed by atoms with E-state index in [4.69, 9.17) is 0 Å². The SMILES string of the molecule is C1=CCCC=1.C=CC(=C)C. The Kier molecular flexibility index (Phi) is 5.51. The molecule has 54 valence electrons. The molecule has 0 nitrogen and oxygen atoms in total. The first-order valence-electron chi connectivity index (χ1n) is 3.44. The summed E-state index contributed by atoms with van der Waals surface area (Å²) in [5.74, 6) is 0. The Morgan fingerprint density at radius 1 is 1.50 bits per heavy atom. The molecule has 0 heteroatoms. The van der Waals surface area contributed by atoms with Crippen LogP contribution < -0.4 is 0 Å². The monoisotopic (exact) mass is 134 g/mol. The molecule has 0 saturated heterocycles. The topological polar surface area (TPSA) is 0 Å². The molecule has 1 rings (SSSR count). The summed E-state index contributed by atoms with van der Waals surface area (Å²) in [4.78, 5) is 0. The largest absolute Gasteiger partial charge is 0.130 e. The molecule has 0 spiro atoms. The molecule has 0 fully saturated rings. The van der Waals surface area contributed by atoms with Crippen molar-refractivity contribution >= 4 is 0 Å². The van der Waals surface area contributed by atoms with Crippen LogP contribution in [-0.4, -0.2) is 0 Å². The zero-order valence-corrected chi connectivity index (χ0v) is 6.56. The summed E-state index contributed by atoms with van der Waals surface area (Å²) in [5, 5.41) is 0. The maximum absolute atomic E-state index is 3.56. The molecule has 1 aliphatic carbocycles. The highest BCUT2D eigenvalue weighted by molar-refractivity contribution is 5.05. The van der Waals surface area contributed by atoms with Gasteiger partial charge in [0.15, 0.2) is 0 Å². The number of rotatable bonds is 1. The minimum atomic E-state index is 1.02. The van der Waals surface area contributed by atoms with Gasteiger partial charge in [-0.25, -0.2) is 0 Å². The molecular formula is C10H14. The molecule has 0 aromatic carbocycles. The summed E-state index contributed by atoms with van der Waals surface area (Å²) in [7, 11) is 0. The van der Waals surface area contributed by atoms with Crippen molar-refractivity contribution in [2.45, 2.75) is 19.8 Å². The van der Waals surface area contributed by atoms with E-state index in [2.05, 4.69) is 31.0 Å². The Bertz CT molecular complexity index is 158. The molecule has 0 radical (unpaired) electrons. The van der Waals surface area contributed by atoms with Crippen LogP contribution in [0.3, 0.4) is 0 Å². The fourth-order valence-corrected chi connectivity index (χ4v) is 0.417. The molecule has 0 atom stereocenters. The minimum absolute atomic E-state index is 1.02. The molecule has 0 aromatic heterocycles. The van der Waals surface area contributed by atoms with E-state index in [-0.39, 0.29) is 0 Å². The maximum Gasteiger partial charge on any atom is -0.0234 e. The van der Waals surface area contributed by atoms with E-state index in [0.717, 1.165) is 5.57 Å². The second kappa shape index (κ2) is 6.12. The van der Waals surface area contributed by atoms with E-state index in [1.807, 2.05) is 6.92 Å². The molecule has 0 saturated carbocycles. The van der Waals surface area contributed by atoms with Crippen LogP contribution in [0.2, 0.25) is 0 Å². The average molecular weight is 134 g/mol. The predicted molar refractivity (Wildman–Crippen MR) is 46.9 cm³/mol. The van der Waals surface area contributed by atoms with Gasteiger partial charge in [0.05, 0.1) is 0 Å². The second-order valence-corrected chi connectivity index (χ2v) is 2.20. The third kappa shape index (κ3) is 7.00. The lowest BCUT2D eigenvalue weighted by molar-refractivity contribution is 1.09. The highest BCUT2D eigenvalue weighted by Crippen LogP contribution is 1.95. The molecular weight excluding hydrogens is 120 g/mol. The number of hydrogen-bond acceptors (Lipinski definition) is 0. The second-order valence-electron chi connectivity index (χ2n) is 2.20. The van der Waals surface area contributed by atoms with Crippen molar-refractivity contribution in [3.63, 3.8) is 0 Å². The Hall–Kier alpha value is -1.00. The average Bonchev–Trinajstić information content (AvgIpc) is 2.43. The van der Waals surface area contributed by atoms with Crippen LogP contribution in [0.5, 0.6) is 0 Å². The molecule has 0 amide bonds. The van der Waals surface area contributed by atoms with E-state index in [9.17, 15) is 0 Å². The standard InChI is InChI=1S/C5H6.C5H8/c1-2-4-5-3-1;1-4-5(2)3/h1,5H,2,4H2;4H,1-2H2,3H3. The van der Waals surface area contributed by atoms with Crippen molar-refractivity contribution in [1.29, 1.82) is 0 Å². The molecule has 0 bridgehead atoms. The van der Waals surface area contributed by atoms with Crippen LogP contribution in [0, 0.1) is 0 Å². The lowest BCUT2D eigenvalue weighted by Gasteiger charge is -1.71. The third-order valence-corrected chi connectivity index (χ3v) is 1.04. The zero-order valence-electron chi connectivity index (χ0n) is 6.56. The molecule has 1 aliphatic rings. The molecule has 0 unspecified atom stereocenters. The fourth-order valence-electron chi connectivity index (χ4n) is 0.417. The van der Waals surface area contributed by atoms with Crippen molar-refractivity contribution in [2.75, 3.05) is 0 Å². The third-order valence-electron chi connectivity index (χ3n) is 1.04. The van der Waals surface area contributed by atoms with Gasteiger partial charge in [0, 0.05) is 0 Å². The Morgan fingerprint density at radius 3 is 2.00 bits per heavy atom. The molecule has 10 heavy (non-hydrogen) atoms. The lowest BCUT2D eigenvalue weighted by atomic mass is 10.4. The van der Waals surface area contributed by atoms with Gasteiger partial charge in [-0.2, -0.15) is 0 Å². The van der Waals surface area contributed by atoms with Crippen molar-refractivity contribution in [3.05, 3.63) is 42.7 Å². The van der Waals surface area contributed by atoms with Crippen LogP contribution in [0.1, 0.15) is 19.8 Å². The van der Waals surface area contributed by atoms with Gasteiger partial charge in [-0.05, 0) is 31.9 Å². The molecule has 0 aliphatic heterocycles. The predicted octanol–water partition coefficient (Wildman–Crippen LogP) is 3.24. The van der Waals surface area contributed by atoms with E-state index < -0.39 is 0 Å². The van der Waals surface area contributed by atoms with Gasteiger partial charge in [0.1, 0.15) is 0 Å². The normalized spacial score (nSPS) is 12.1. The zero-order chi connectivity index (χ0) is 7.82. The van der Waals surface area contributed by atoms with Crippen molar-refractivity contribution in [1.82, 2.24) is 0 Å². The summed E-state index contributed by atoms with van der Waals surface area (Å²) >= 11 is 0. The van der Waals surface area contributed by atoms with Gasteiger partial charge in [-0.15, -0.1) is 5.73 Å². The van der Waals surface area contributed by atoms with Gasteiger partial charge in [0.25, 0.3) is 0 Å². The smallest absolute Gasteiger partial charge is 0.0234 e. The summed E-state index contributed by atoms with van der Waals surface area (Å²) < 4.78 is 0. The van der Waals surface area contributed by atoms with Crippen molar-refractivity contribution in [3.8, 4) is 0 Å². The van der Waals surface area contributed by atoms with Gasteiger partial charge in [-0.3, -0.25) is 0 Å². The maximum atomic E-state index is 3.56. The van der Waals surface area contributed by atoms with E-state index in [0.29, 0.717) is 0 Å². The summed E-state index contributed by atoms with van der Waals surface area (Å²) in [5.41, 5.74) is 3.99. The Labute approximate surface area is 63.3 Å². The number of hydrogen-bond donors (Lipinski definition) is 0. The van der Waals surface area contributed by atoms with Gasteiger partial charge in [0.2, 0.25) is 0 Å². The molecule has 0 N–H and O–H groups in total. The van der Waals surface area contributed by atoms with Crippen LogP contribution in [0.15, 0.2) is 42.7 Å². The van der Waals surface area contributed by atoms with Gasteiger partial charge < -0.3 is 0 Å². The van der Waals surface area contributed by atoms with E-state index >= 15 is 0 Å². The number of allylic oxidation sites excluding steroid dienone is 3. The lowest BCUT2D eigenvalue weighted by Crippen LogP contribution is -1.50. The summed E-state index contributed by atoms with van der Waals surface area (Å²) in [6.07, 6.45) is 8.25. The van der Waals surface area contributed by atoms with Crippen molar-refractivity contribution in [2.24, 2.45) is 0 Å². The first-order valence-corrected chi connectivity index (χ1v) is 3.44. The van der Waals surface area contributed by atoms with Crippen LogP contribution in [-0.2, 0) is 0 Å². The first-order chi connectivity index (χ1) is 4.77. The van der Waals surface area contributed by atoms with Crippen LogP contribution in [0.4, 0.5) is 0 Å². The van der Waals surface area contributed by atoms with Crippen molar-refractivity contribution < 1.29 is 0 Å². The summed E-state index contributed by atoms with van der Waals surface area (Å²) in [6, 6.07) is 0. The van der Waals surface area contributed by atoms with E-state index in [1.165, 1.54) is 12.8 Å². The first kappa shape index (κ1) is 9.00. The van der Waals surface area contributed by atoms with E-state index in [1.54, 1.807) is 6.08 Å². The van der Waals surface area contributed by atoms with Crippen LogP contribution in [0.25, 0.3) is 0 Å². The molecule has 0 aromatic rings. The Morgan fingerprint density at radius 2 is 1.90 bits per heavy atom. The fraction of sp³-hybridized carbons (Fsp3) is 0.300. The van der Waals surface area contributed by atoms with Gasteiger partial charge in [-0.1, -0.05) is 24.8 Å². The quantitative estimate of drug-likeness (QED) is 0.381. The Balaban J connectivity index is 0.000000162.